The van der Waals surface area contributed by atoms with Gasteiger partial charge in [-0.1, -0.05) is 47.5 Å². The first kappa shape index (κ1) is 21.2. The molecule has 2 aromatic carbocycles. The van der Waals surface area contributed by atoms with Crippen molar-refractivity contribution in [1.29, 1.82) is 0 Å². The number of pyridine rings is 1. The maximum atomic E-state index is 12.7. The Morgan fingerprint density at radius 3 is 2.61 bits per heavy atom. The predicted molar refractivity (Wildman–Crippen MR) is 120 cm³/mol. The zero-order valence-corrected chi connectivity index (χ0v) is 18.0. The molecule has 1 N–H and O–H groups in total. The first-order valence-corrected chi connectivity index (χ1v) is 10.5. The quantitative estimate of drug-likeness (QED) is 0.528. The largest absolute Gasteiger partial charge is 0.435 e. The van der Waals surface area contributed by atoms with Gasteiger partial charge in [-0.3, -0.25) is 9.59 Å². The van der Waals surface area contributed by atoms with Crippen LogP contribution in [-0.4, -0.2) is 28.2 Å². The zero-order valence-electron chi connectivity index (χ0n) is 16.5. The van der Waals surface area contributed by atoms with Crippen LogP contribution in [0.25, 0.3) is 0 Å². The van der Waals surface area contributed by atoms with Gasteiger partial charge in [-0.2, -0.15) is 0 Å². The molecule has 8 heteroatoms. The molecule has 1 aliphatic heterocycles. The van der Waals surface area contributed by atoms with Gasteiger partial charge < -0.3 is 15.0 Å². The number of nitrogens with zero attached hydrogens (tertiary/aromatic N) is 2. The van der Waals surface area contributed by atoms with Gasteiger partial charge in [0, 0.05) is 31.3 Å². The van der Waals surface area contributed by atoms with Crippen LogP contribution in [0.4, 0.5) is 5.69 Å². The summed E-state index contributed by atoms with van der Waals surface area (Å²) in [6, 6.07) is 15.7. The third kappa shape index (κ3) is 5.16. The molecule has 158 valence electrons. The highest BCUT2D eigenvalue weighted by Crippen LogP contribution is 2.33. The minimum atomic E-state index is -0.282. The second-order valence-electron chi connectivity index (χ2n) is 7.11. The molecular weight excluding hydrogens is 437 g/mol. The number of carbonyl (C=O) groups excluding carboxylic acids is 2. The first-order chi connectivity index (χ1) is 15.0. The third-order valence-electron chi connectivity index (χ3n) is 4.88. The van der Waals surface area contributed by atoms with Gasteiger partial charge in [0.25, 0.3) is 5.91 Å². The molecule has 0 aliphatic carbocycles. The van der Waals surface area contributed by atoms with E-state index in [1.54, 1.807) is 36.4 Å². The lowest BCUT2D eigenvalue weighted by Crippen LogP contribution is -2.23. The fraction of sp³-hybridized carbons (Fsp3) is 0.174. The Bertz CT molecular complexity index is 1120. The summed E-state index contributed by atoms with van der Waals surface area (Å²) < 4.78 is 5.78. The van der Waals surface area contributed by atoms with Crippen molar-refractivity contribution in [2.75, 3.05) is 11.9 Å². The highest BCUT2D eigenvalue weighted by Gasteiger charge is 2.20. The van der Waals surface area contributed by atoms with Crippen LogP contribution in [0, 0.1) is 0 Å². The van der Waals surface area contributed by atoms with Gasteiger partial charge in [0.05, 0.1) is 10.7 Å². The molecular formula is C23H19Cl2N3O3. The fourth-order valence-corrected chi connectivity index (χ4v) is 3.71. The van der Waals surface area contributed by atoms with Crippen LogP contribution in [0.2, 0.25) is 10.0 Å². The second kappa shape index (κ2) is 9.37. The number of hydrogen-bond donors (Lipinski definition) is 1. The van der Waals surface area contributed by atoms with E-state index in [-0.39, 0.29) is 22.7 Å². The minimum absolute atomic E-state index is 0.175. The Labute approximate surface area is 189 Å². The van der Waals surface area contributed by atoms with Crippen molar-refractivity contribution in [3.05, 3.63) is 82.0 Å². The maximum Gasteiger partial charge on any atom is 0.255 e. The molecule has 3 aromatic rings. The minimum Gasteiger partial charge on any atom is -0.435 e. The standard InChI is InChI=1S/C23H19Cl2N3O3/c24-17-12-18(25)23(26-13-17)31-20-5-2-1-4-19(20)27-22(30)16-9-7-15(8-10-16)14-28-11-3-6-21(28)29/h1-2,4-5,7-10,12-13H,3,6,11,14H2,(H,27,30). The number of para-hydroxylation sites is 2. The molecule has 2 amide bonds. The average Bonchev–Trinajstić information content (AvgIpc) is 3.16. The molecule has 1 aliphatic rings. The molecule has 0 atom stereocenters. The molecule has 4 rings (SSSR count). The molecule has 1 fully saturated rings. The highest BCUT2D eigenvalue weighted by atomic mass is 35.5. The average molecular weight is 456 g/mol. The lowest BCUT2D eigenvalue weighted by molar-refractivity contribution is -0.128. The molecule has 1 saturated heterocycles. The number of hydrogen-bond acceptors (Lipinski definition) is 4. The monoisotopic (exact) mass is 455 g/mol. The molecule has 6 nitrogen and oxygen atoms in total. The molecule has 31 heavy (non-hydrogen) atoms. The van der Waals surface area contributed by atoms with E-state index < -0.39 is 0 Å². The van der Waals surface area contributed by atoms with Crippen LogP contribution >= 0.6 is 23.2 Å². The van der Waals surface area contributed by atoms with E-state index in [1.807, 2.05) is 17.0 Å². The number of anilines is 1. The van der Waals surface area contributed by atoms with E-state index in [2.05, 4.69) is 10.3 Å². The van der Waals surface area contributed by atoms with E-state index >= 15 is 0 Å². The van der Waals surface area contributed by atoms with Crippen LogP contribution in [0.1, 0.15) is 28.8 Å². The van der Waals surface area contributed by atoms with Crippen molar-refractivity contribution in [3.63, 3.8) is 0 Å². The Morgan fingerprint density at radius 1 is 1.13 bits per heavy atom. The van der Waals surface area contributed by atoms with E-state index in [0.29, 0.717) is 35.0 Å². The fourth-order valence-electron chi connectivity index (χ4n) is 3.29. The summed E-state index contributed by atoms with van der Waals surface area (Å²) in [5, 5.41) is 3.52. The third-order valence-corrected chi connectivity index (χ3v) is 5.35. The van der Waals surface area contributed by atoms with Crippen LogP contribution in [0.3, 0.4) is 0 Å². The van der Waals surface area contributed by atoms with Gasteiger partial charge in [0.2, 0.25) is 11.8 Å². The number of rotatable bonds is 6. The second-order valence-corrected chi connectivity index (χ2v) is 7.95. The van der Waals surface area contributed by atoms with Crippen LogP contribution in [-0.2, 0) is 11.3 Å². The maximum absolute atomic E-state index is 12.7. The molecule has 0 saturated carbocycles. The molecule has 2 heterocycles. The number of benzene rings is 2. The zero-order chi connectivity index (χ0) is 21.8. The SMILES string of the molecule is O=C(Nc1ccccc1Oc1ncc(Cl)cc1Cl)c1ccc(CN2CCCC2=O)cc1. The van der Waals surface area contributed by atoms with Gasteiger partial charge in [-0.05, 0) is 42.3 Å². The molecule has 1 aromatic heterocycles. The molecule has 0 bridgehead atoms. The summed E-state index contributed by atoms with van der Waals surface area (Å²) in [5.41, 5.74) is 1.96. The van der Waals surface area contributed by atoms with Gasteiger partial charge in [0.1, 0.15) is 5.02 Å². The van der Waals surface area contributed by atoms with Gasteiger partial charge in [-0.15, -0.1) is 0 Å². The van der Waals surface area contributed by atoms with Crippen molar-refractivity contribution in [2.45, 2.75) is 19.4 Å². The predicted octanol–water partition coefficient (Wildman–Crippen LogP) is 5.56. The van der Waals surface area contributed by atoms with E-state index in [1.165, 1.54) is 12.3 Å². The van der Waals surface area contributed by atoms with Crippen molar-refractivity contribution in [3.8, 4) is 11.6 Å². The Hall–Kier alpha value is -3.09. The molecule has 0 radical (unpaired) electrons. The summed E-state index contributed by atoms with van der Waals surface area (Å²) in [5.74, 6) is 0.481. The van der Waals surface area contributed by atoms with Gasteiger partial charge in [0.15, 0.2) is 5.75 Å². The Balaban J connectivity index is 1.45. The van der Waals surface area contributed by atoms with Gasteiger partial charge in [-0.25, -0.2) is 4.98 Å². The van der Waals surface area contributed by atoms with Crippen LogP contribution in [0.15, 0.2) is 60.8 Å². The number of halogens is 2. The Morgan fingerprint density at radius 2 is 1.90 bits per heavy atom. The molecule has 0 unspecified atom stereocenters. The number of amides is 2. The lowest BCUT2D eigenvalue weighted by atomic mass is 10.1. The summed E-state index contributed by atoms with van der Waals surface area (Å²) in [4.78, 5) is 30.4. The van der Waals surface area contributed by atoms with E-state index in [0.717, 1.165) is 18.5 Å². The summed E-state index contributed by atoms with van der Waals surface area (Å²) in [6.45, 7) is 1.34. The first-order valence-electron chi connectivity index (χ1n) is 9.75. The van der Waals surface area contributed by atoms with Crippen molar-refractivity contribution >= 4 is 40.7 Å². The summed E-state index contributed by atoms with van der Waals surface area (Å²) in [7, 11) is 0. The van der Waals surface area contributed by atoms with Crippen molar-refractivity contribution in [2.24, 2.45) is 0 Å². The van der Waals surface area contributed by atoms with Crippen LogP contribution < -0.4 is 10.1 Å². The summed E-state index contributed by atoms with van der Waals surface area (Å²) >= 11 is 12.0. The highest BCUT2D eigenvalue weighted by molar-refractivity contribution is 6.35. The topological polar surface area (TPSA) is 71.5 Å². The summed E-state index contributed by atoms with van der Waals surface area (Å²) in [6.07, 6.45) is 2.94. The van der Waals surface area contributed by atoms with Crippen molar-refractivity contribution < 1.29 is 14.3 Å². The Kier molecular flexibility index (Phi) is 6.39. The van der Waals surface area contributed by atoms with Gasteiger partial charge >= 0.3 is 0 Å². The van der Waals surface area contributed by atoms with E-state index in [4.69, 9.17) is 27.9 Å². The number of carbonyl (C=O) groups is 2. The van der Waals surface area contributed by atoms with Crippen molar-refractivity contribution in [1.82, 2.24) is 9.88 Å². The molecule has 0 spiro atoms. The van der Waals surface area contributed by atoms with Crippen LogP contribution in [0.5, 0.6) is 11.6 Å². The number of ether oxygens (including phenoxy) is 1. The van der Waals surface area contributed by atoms with E-state index in [9.17, 15) is 9.59 Å². The smallest absolute Gasteiger partial charge is 0.255 e. The number of likely N-dealkylation sites (tertiary alicyclic amines) is 1. The normalized spacial score (nSPS) is 13.4. The number of aromatic nitrogens is 1. The number of nitrogens with one attached hydrogen (secondary N) is 1. The lowest BCUT2D eigenvalue weighted by Gasteiger charge is -2.16.